The van der Waals surface area contributed by atoms with E-state index in [-0.39, 0.29) is 0 Å². The molecular weight excluding hydrogens is 186 g/mol. The number of hydrazone groups is 1. The maximum atomic E-state index is 8.36. The van der Waals surface area contributed by atoms with E-state index in [4.69, 9.17) is 5.26 Å². The van der Waals surface area contributed by atoms with Gasteiger partial charge in [-0.25, -0.2) is 0 Å². The SMILES string of the molecule is CN(C)N=Cc1ccc(C=CC#N)cc1. The van der Waals surface area contributed by atoms with Gasteiger partial charge in [0.15, 0.2) is 0 Å². The average molecular weight is 199 g/mol. The zero-order valence-corrected chi connectivity index (χ0v) is 8.88. The van der Waals surface area contributed by atoms with E-state index in [0.717, 1.165) is 11.1 Å². The van der Waals surface area contributed by atoms with Crippen molar-refractivity contribution in [3.8, 4) is 6.07 Å². The van der Waals surface area contributed by atoms with E-state index in [0.29, 0.717) is 0 Å². The minimum atomic E-state index is 1.01. The zero-order valence-electron chi connectivity index (χ0n) is 8.88. The number of nitriles is 1. The van der Waals surface area contributed by atoms with Crippen LogP contribution in [0, 0.1) is 11.3 Å². The summed E-state index contributed by atoms with van der Waals surface area (Å²) in [6.07, 6.45) is 5.02. The van der Waals surface area contributed by atoms with Crippen molar-refractivity contribution < 1.29 is 0 Å². The first kappa shape index (κ1) is 11.0. The lowest BCUT2D eigenvalue weighted by Crippen LogP contribution is -2.01. The fraction of sp³-hybridized carbons (Fsp3) is 0.167. The number of hydrogen-bond acceptors (Lipinski definition) is 3. The molecule has 0 aliphatic carbocycles. The molecule has 15 heavy (non-hydrogen) atoms. The molecule has 1 aromatic rings. The quantitative estimate of drug-likeness (QED) is 0.425. The Hall–Kier alpha value is -2.08. The van der Waals surface area contributed by atoms with E-state index < -0.39 is 0 Å². The van der Waals surface area contributed by atoms with Gasteiger partial charge in [0.2, 0.25) is 0 Å². The Morgan fingerprint density at radius 1 is 1.20 bits per heavy atom. The first-order valence-corrected chi connectivity index (χ1v) is 4.60. The Balaban J connectivity index is 2.73. The van der Waals surface area contributed by atoms with Crippen LogP contribution in [0.2, 0.25) is 0 Å². The summed E-state index contributed by atoms with van der Waals surface area (Å²) in [5, 5.41) is 14.2. The lowest BCUT2D eigenvalue weighted by Gasteiger charge is -2.02. The number of hydrogen-bond donors (Lipinski definition) is 0. The number of benzene rings is 1. The molecule has 0 aliphatic heterocycles. The average Bonchev–Trinajstić information content (AvgIpc) is 2.25. The zero-order chi connectivity index (χ0) is 11.1. The molecule has 0 saturated heterocycles. The molecule has 0 amide bonds. The fourth-order valence-corrected chi connectivity index (χ4v) is 1.01. The van der Waals surface area contributed by atoms with E-state index in [1.807, 2.05) is 44.4 Å². The topological polar surface area (TPSA) is 39.4 Å². The third-order valence-corrected chi connectivity index (χ3v) is 1.72. The Morgan fingerprint density at radius 3 is 2.33 bits per heavy atom. The predicted molar refractivity (Wildman–Crippen MR) is 62.4 cm³/mol. The van der Waals surface area contributed by atoms with Crippen LogP contribution in [0.25, 0.3) is 6.08 Å². The van der Waals surface area contributed by atoms with Gasteiger partial charge in [0.25, 0.3) is 0 Å². The largest absolute Gasteiger partial charge is 0.303 e. The van der Waals surface area contributed by atoms with Crippen molar-refractivity contribution in [2.24, 2.45) is 5.10 Å². The molecule has 1 aromatic carbocycles. The van der Waals surface area contributed by atoms with Gasteiger partial charge in [-0.1, -0.05) is 24.3 Å². The molecule has 0 N–H and O–H groups in total. The van der Waals surface area contributed by atoms with Gasteiger partial charge in [-0.15, -0.1) is 0 Å². The van der Waals surface area contributed by atoms with Crippen molar-refractivity contribution in [1.29, 1.82) is 5.26 Å². The van der Waals surface area contributed by atoms with Gasteiger partial charge in [0, 0.05) is 20.2 Å². The van der Waals surface area contributed by atoms with E-state index in [2.05, 4.69) is 5.10 Å². The number of nitrogens with zero attached hydrogens (tertiary/aromatic N) is 3. The van der Waals surface area contributed by atoms with Crippen LogP contribution in [-0.2, 0) is 0 Å². The maximum absolute atomic E-state index is 8.36. The summed E-state index contributed by atoms with van der Waals surface area (Å²) in [6.45, 7) is 0. The van der Waals surface area contributed by atoms with Crippen LogP contribution in [0.4, 0.5) is 0 Å². The highest BCUT2D eigenvalue weighted by Gasteiger charge is 1.88. The van der Waals surface area contributed by atoms with E-state index in [1.54, 1.807) is 17.3 Å². The molecule has 0 radical (unpaired) electrons. The molecule has 0 unspecified atom stereocenters. The lowest BCUT2D eigenvalue weighted by atomic mass is 10.1. The number of allylic oxidation sites excluding steroid dienone is 1. The van der Waals surface area contributed by atoms with Crippen molar-refractivity contribution >= 4 is 12.3 Å². The molecule has 3 heteroatoms. The van der Waals surface area contributed by atoms with Crippen LogP contribution < -0.4 is 0 Å². The van der Waals surface area contributed by atoms with Crippen LogP contribution in [-0.4, -0.2) is 25.3 Å². The van der Waals surface area contributed by atoms with Gasteiger partial charge in [0.05, 0.1) is 12.3 Å². The van der Waals surface area contributed by atoms with Crippen LogP contribution in [0.3, 0.4) is 0 Å². The van der Waals surface area contributed by atoms with Crippen molar-refractivity contribution in [1.82, 2.24) is 5.01 Å². The minimum absolute atomic E-state index is 1.01. The van der Waals surface area contributed by atoms with Gasteiger partial charge in [-0.05, 0) is 17.2 Å². The summed E-state index contributed by atoms with van der Waals surface area (Å²) < 4.78 is 0. The monoisotopic (exact) mass is 199 g/mol. The Morgan fingerprint density at radius 2 is 1.80 bits per heavy atom. The van der Waals surface area contributed by atoms with Gasteiger partial charge in [0.1, 0.15) is 0 Å². The summed E-state index contributed by atoms with van der Waals surface area (Å²) in [4.78, 5) is 0. The molecule has 0 heterocycles. The van der Waals surface area contributed by atoms with Crippen LogP contribution in [0.1, 0.15) is 11.1 Å². The van der Waals surface area contributed by atoms with E-state index in [1.165, 1.54) is 6.08 Å². The third kappa shape index (κ3) is 4.10. The van der Waals surface area contributed by atoms with Crippen molar-refractivity contribution in [2.45, 2.75) is 0 Å². The van der Waals surface area contributed by atoms with Gasteiger partial charge >= 0.3 is 0 Å². The molecule has 0 fully saturated rings. The summed E-state index contributed by atoms with van der Waals surface area (Å²) in [6, 6.07) is 9.78. The lowest BCUT2D eigenvalue weighted by molar-refractivity contribution is 0.440. The molecule has 0 spiro atoms. The first-order valence-electron chi connectivity index (χ1n) is 4.60. The predicted octanol–water partition coefficient (Wildman–Crippen LogP) is 2.12. The molecule has 0 bridgehead atoms. The molecule has 3 nitrogen and oxygen atoms in total. The summed E-state index contributed by atoms with van der Waals surface area (Å²) in [5.41, 5.74) is 2.05. The highest BCUT2D eigenvalue weighted by atomic mass is 15.4. The Labute approximate surface area is 89.9 Å². The van der Waals surface area contributed by atoms with Gasteiger partial charge < -0.3 is 5.01 Å². The first-order chi connectivity index (χ1) is 7.22. The molecule has 0 saturated carbocycles. The number of rotatable bonds is 3. The van der Waals surface area contributed by atoms with E-state index >= 15 is 0 Å². The standard InChI is InChI=1S/C12H13N3/c1-15(2)14-10-12-7-5-11(6-8-12)4-3-9-13/h3-8,10H,1-2H3. The summed E-state index contributed by atoms with van der Waals surface area (Å²) in [7, 11) is 3.75. The maximum Gasteiger partial charge on any atom is 0.0912 e. The Bertz CT molecular complexity index is 394. The highest BCUT2D eigenvalue weighted by Crippen LogP contribution is 2.04. The molecular formula is C12H13N3. The second-order valence-corrected chi connectivity index (χ2v) is 3.22. The molecule has 0 aromatic heterocycles. The molecule has 76 valence electrons. The normalized spacial score (nSPS) is 10.7. The second kappa shape index (κ2) is 5.61. The van der Waals surface area contributed by atoms with Crippen LogP contribution >= 0.6 is 0 Å². The van der Waals surface area contributed by atoms with Gasteiger partial charge in [-0.3, -0.25) is 0 Å². The highest BCUT2D eigenvalue weighted by molar-refractivity contribution is 5.79. The molecule has 1 rings (SSSR count). The van der Waals surface area contributed by atoms with Crippen LogP contribution in [0.5, 0.6) is 0 Å². The van der Waals surface area contributed by atoms with Gasteiger partial charge in [-0.2, -0.15) is 10.4 Å². The summed E-state index contributed by atoms with van der Waals surface area (Å²) >= 11 is 0. The molecule has 0 atom stereocenters. The van der Waals surface area contributed by atoms with Crippen molar-refractivity contribution in [3.05, 3.63) is 41.5 Å². The van der Waals surface area contributed by atoms with Crippen molar-refractivity contribution in [2.75, 3.05) is 14.1 Å². The second-order valence-electron chi connectivity index (χ2n) is 3.22. The minimum Gasteiger partial charge on any atom is -0.303 e. The van der Waals surface area contributed by atoms with Crippen molar-refractivity contribution in [3.63, 3.8) is 0 Å². The smallest absolute Gasteiger partial charge is 0.0912 e. The summed E-state index contributed by atoms with van der Waals surface area (Å²) in [5.74, 6) is 0. The third-order valence-electron chi connectivity index (χ3n) is 1.72. The Kier molecular flexibility index (Phi) is 4.11. The van der Waals surface area contributed by atoms with Crippen LogP contribution in [0.15, 0.2) is 35.4 Å². The van der Waals surface area contributed by atoms with E-state index in [9.17, 15) is 0 Å². The fourth-order valence-electron chi connectivity index (χ4n) is 1.01. The molecule has 0 aliphatic rings.